The first-order valence-electron chi connectivity index (χ1n) is 9.60. The largest absolute Gasteiger partial charge is 0.493 e. The number of benzene rings is 2. The summed E-state index contributed by atoms with van der Waals surface area (Å²) < 4.78 is 26.5. The Morgan fingerprint density at radius 1 is 0.867 bits per heavy atom. The zero-order valence-electron chi connectivity index (χ0n) is 18.1. The highest BCUT2D eigenvalue weighted by Crippen LogP contribution is 2.71. The van der Waals surface area contributed by atoms with Crippen LogP contribution in [0.3, 0.4) is 0 Å². The maximum Gasteiger partial charge on any atom is 0.315 e. The molecule has 0 bridgehead atoms. The highest BCUT2D eigenvalue weighted by Gasteiger charge is 2.72. The minimum atomic E-state index is -1.13. The molecule has 1 N–H and O–H groups in total. The summed E-state index contributed by atoms with van der Waals surface area (Å²) in [6.45, 7) is 1.93. The van der Waals surface area contributed by atoms with Gasteiger partial charge in [-0.15, -0.1) is 0 Å². The van der Waals surface area contributed by atoms with Crippen LogP contribution in [0, 0.1) is 11.3 Å². The molecule has 1 fully saturated rings. The smallest absolute Gasteiger partial charge is 0.315 e. The van der Waals surface area contributed by atoms with E-state index in [2.05, 4.69) is 0 Å². The van der Waals surface area contributed by atoms with Crippen molar-refractivity contribution in [3.05, 3.63) is 47.5 Å². The van der Waals surface area contributed by atoms with Gasteiger partial charge < -0.3 is 28.8 Å². The molecular formula is C23H28O7. The van der Waals surface area contributed by atoms with Crippen molar-refractivity contribution >= 4 is 5.97 Å². The number of methoxy groups -OCH3 is 5. The lowest BCUT2D eigenvalue weighted by molar-refractivity contribution is -0.153. The fourth-order valence-electron chi connectivity index (χ4n) is 4.52. The molecule has 0 amide bonds. The van der Waals surface area contributed by atoms with Crippen LogP contribution in [-0.4, -0.2) is 46.6 Å². The van der Waals surface area contributed by atoms with Crippen LogP contribution in [0.2, 0.25) is 0 Å². The second-order valence-corrected chi connectivity index (χ2v) is 7.32. The normalized spacial score (nSPS) is 23.3. The molecule has 1 unspecified atom stereocenters. The predicted molar refractivity (Wildman–Crippen MR) is 110 cm³/mol. The summed E-state index contributed by atoms with van der Waals surface area (Å²) in [7, 11) is 7.53. The number of ether oxygens (including phenoxy) is 5. The number of aliphatic hydroxyl groups excluding tert-OH is 1. The fourth-order valence-corrected chi connectivity index (χ4v) is 4.52. The second kappa shape index (κ2) is 8.44. The summed E-state index contributed by atoms with van der Waals surface area (Å²) >= 11 is 0. The van der Waals surface area contributed by atoms with Crippen molar-refractivity contribution in [1.29, 1.82) is 0 Å². The fraction of sp³-hybridized carbons (Fsp3) is 0.435. The Labute approximate surface area is 176 Å². The van der Waals surface area contributed by atoms with Gasteiger partial charge in [0.15, 0.2) is 23.0 Å². The molecule has 1 saturated carbocycles. The third kappa shape index (κ3) is 3.23. The van der Waals surface area contributed by atoms with E-state index in [9.17, 15) is 9.90 Å². The van der Waals surface area contributed by atoms with Crippen LogP contribution < -0.4 is 18.9 Å². The number of carbonyl (C=O) groups is 1. The summed E-state index contributed by atoms with van der Waals surface area (Å²) in [5.74, 6) is 1.30. The van der Waals surface area contributed by atoms with Crippen LogP contribution in [0.5, 0.6) is 23.0 Å². The van der Waals surface area contributed by atoms with Gasteiger partial charge in [0.2, 0.25) is 0 Å². The van der Waals surface area contributed by atoms with Gasteiger partial charge in [0.25, 0.3) is 0 Å². The van der Waals surface area contributed by atoms with E-state index >= 15 is 0 Å². The number of rotatable bonds is 8. The molecule has 0 spiro atoms. The highest BCUT2D eigenvalue weighted by atomic mass is 16.5. The van der Waals surface area contributed by atoms with Crippen molar-refractivity contribution < 1.29 is 33.6 Å². The molecule has 0 radical (unpaired) electrons. The molecule has 0 aromatic heterocycles. The third-order valence-corrected chi connectivity index (χ3v) is 6.14. The molecule has 30 heavy (non-hydrogen) atoms. The van der Waals surface area contributed by atoms with Crippen LogP contribution in [0.25, 0.3) is 0 Å². The quantitative estimate of drug-likeness (QED) is 0.661. The van der Waals surface area contributed by atoms with E-state index in [-0.39, 0.29) is 11.8 Å². The van der Waals surface area contributed by atoms with Crippen LogP contribution >= 0.6 is 0 Å². The number of carbonyl (C=O) groups excluding carboxylic acids is 1. The highest BCUT2D eigenvalue weighted by molar-refractivity contribution is 5.84. The van der Waals surface area contributed by atoms with Gasteiger partial charge >= 0.3 is 5.97 Å². The molecular weight excluding hydrogens is 388 g/mol. The molecule has 3 rings (SSSR count). The van der Waals surface area contributed by atoms with E-state index in [1.54, 1.807) is 45.6 Å². The lowest BCUT2D eigenvalue weighted by Crippen LogP contribution is -2.28. The van der Waals surface area contributed by atoms with Crippen molar-refractivity contribution in [3.63, 3.8) is 0 Å². The summed E-state index contributed by atoms with van der Waals surface area (Å²) in [4.78, 5) is 13.0. The third-order valence-electron chi connectivity index (χ3n) is 6.14. The number of aliphatic hydroxyl groups is 1. The molecule has 162 valence electrons. The molecule has 2 aromatic rings. The first-order chi connectivity index (χ1) is 14.4. The first-order valence-corrected chi connectivity index (χ1v) is 9.60. The zero-order valence-corrected chi connectivity index (χ0v) is 18.1. The molecule has 1 aliphatic rings. The monoisotopic (exact) mass is 416 g/mol. The number of hydrogen-bond acceptors (Lipinski definition) is 7. The maximum absolute atomic E-state index is 13.0. The van der Waals surface area contributed by atoms with Crippen molar-refractivity contribution in [1.82, 2.24) is 0 Å². The number of hydrogen-bond donors (Lipinski definition) is 1. The zero-order chi connectivity index (χ0) is 22.1. The molecule has 4 atom stereocenters. The van der Waals surface area contributed by atoms with Gasteiger partial charge in [-0.1, -0.05) is 19.1 Å². The Bertz CT molecular complexity index is 866. The molecule has 0 heterocycles. The van der Waals surface area contributed by atoms with E-state index in [0.717, 1.165) is 5.56 Å². The van der Waals surface area contributed by atoms with E-state index in [1.807, 2.05) is 19.1 Å². The van der Waals surface area contributed by atoms with Gasteiger partial charge in [-0.05, 0) is 41.3 Å². The minimum Gasteiger partial charge on any atom is -0.493 e. The second-order valence-electron chi connectivity index (χ2n) is 7.32. The standard InChI is InChI=1S/C23H28O7/c1-13-20(14-7-9-16(26-2)18(11-14)28-4)23(13,22(25)30-6)21(24)15-8-10-17(27-3)19(12-15)29-5/h7-13,20-21,24H,1-6H3/t13-,20+,21?,23+/m0/s1. The molecule has 0 aliphatic heterocycles. The SMILES string of the molecule is COC(=O)[C@]1(C(O)c2ccc(OC)c(OC)c2)[C@@H](C)[C@@H]1c1ccc(OC)c(OC)c1. The summed E-state index contributed by atoms with van der Waals surface area (Å²) in [6, 6.07) is 10.6. The lowest BCUT2D eigenvalue weighted by atomic mass is 9.87. The van der Waals surface area contributed by atoms with Crippen molar-refractivity contribution in [2.24, 2.45) is 11.3 Å². The van der Waals surface area contributed by atoms with Gasteiger partial charge in [0.1, 0.15) is 5.41 Å². The van der Waals surface area contributed by atoms with E-state index in [1.165, 1.54) is 14.2 Å². The molecule has 1 aliphatic carbocycles. The molecule has 7 heteroatoms. The molecule has 0 saturated heterocycles. The van der Waals surface area contributed by atoms with Crippen LogP contribution in [-0.2, 0) is 9.53 Å². The number of esters is 1. The Morgan fingerprint density at radius 3 is 1.93 bits per heavy atom. The van der Waals surface area contributed by atoms with E-state index in [0.29, 0.717) is 28.6 Å². The van der Waals surface area contributed by atoms with Crippen molar-refractivity contribution in [2.75, 3.05) is 35.5 Å². The Hall–Kier alpha value is -2.93. The average molecular weight is 416 g/mol. The molecule has 7 nitrogen and oxygen atoms in total. The predicted octanol–water partition coefficient (Wildman–Crippen LogP) is 3.35. The van der Waals surface area contributed by atoms with Crippen LogP contribution in [0.15, 0.2) is 36.4 Å². The Morgan fingerprint density at radius 2 is 1.40 bits per heavy atom. The lowest BCUT2D eigenvalue weighted by Gasteiger charge is -2.24. The van der Waals surface area contributed by atoms with Crippen molar-refractivity contribution in [3.8, 4) is 23.0 Å². The summed E-state index contributed by atoms with van der Waals surface area (Å²) in [5, 5.41) is 11.4. The Balaban J connectivity index is 2.05. The summed E-state index contributed by atoms with van der Waals surface area (Å²) in [5.41, 5.74) is 0.284. The minimum absolute atomic E-state index is 0.161. The summed E-state index contributed by atoms with van der Waals surface area (Å²) in [6.07, 6.45) is -1.10. The van der Waals surface area contributed by atoms with Crippen LogP contribution in [0.4, 0.5) is 0 Å². The van der Waals surface area contributed by atoms with Gasteiger partial charge in [-0.2, -0.15) is 0 Å². The van der Waals surface area contributed by atoms with Gasteiger partial charge in [-0.3, -0.25) is 4.79 Å². The van der Waals surface area contributed by atoms with Gasteiger partial charge in [-0.25, -0.2) is 0 Å². The first kappa shape index (κ1) is 21.8. The van der Waals surface area contributed by atoms with Gasteiger partial charge in [0.05, 0.1) is 41.7 Å². The Kier molecular flexibility index (Phi) is 6.12. The van der Waals surface area contributed by atoms with E-state index < -0.39 is 17.5 Å². The maximum atomic E-state index is 13.0. The van der Waals surface area contributed by atoms with Gasteiger partial charge in [0, 0.05) is 5.92 Å². The average Bonchev–Trinajstić information content (AvgIpc) is 3.42. The van der Waals surface area contributed by atoms with Crippen LogP contribution in [0.1, 0.15) is 30.1 Å². The van der Waals surface area contributed by atoms with E-state index in [4.69, 9.17) is 23.7 Å². The van der Waals surface area contributed by atoms with Crippen molar-refractivity contribution in [2.45, 2.75) is 18.9 Å². The molecule has 2 aromatic carbocycles. The topological polar surface area (TPSA) is 83.5 Å².